The fourth-order valence-corrected chi connectivity index (χ4v) is 7.75. The topological polar surface area (TPSA) is 165 Å². The monoisotopic (exact) mass is 1010 g/mol. The molecule has 4 N–H and O–H groups in total. The molecule has 7 rings (SSSR count). The normalized spacial score (nSPS) is 10.7. The van der Waals surface area contributed by atoms with Gasteiger partial charge in [0.1, 0.15) is 40.3 Å². The van der Waals surface area contributed by atoms with Gasteiger partial charge in [-0.1, -0.05) is 39.8 Å². The summed E-state index contributed by atoms with van der Waals surface area (Å²) in [6.45, 7) is 16.6. The van der Waals surface area contributed by atoms with Crippen molar-refractivity contribution < 1.29 is 27.8 Å². The SMILES string of the molecule is CCCN(CC)CC(=O)Cc1cc(Oc2ccc(NC)c(N)c2)ccn1.CCCN(CC)CC(=O)Cc1cc(Oc2ccc3c(c2)nc(Nc2cc(C)ccc2F)n3C)ccn1.Cc1ccc(F)c(N=C=S)c1. The molecule has 0 fully saturated rings. The molecule has 0 amide bonds. The highest BCUT2D eigenvalue weighted by Gasteiger charge is 2.15. The first kappa shape index (κ1) is 56.5. The maximum atomic E-state index is 14.2. The number of fused-ring (bicyclic) bond motifs is 1. The van der Waals surface area contributed by atoms with E-state index in [0.717, 1.165) is 61.4 Å². The van der Waals surface area contributed by atoms with Crippen molar-refractivity contribution in [3.63, 3.8) is 0 Å². The van der Waals surface area contributed by atoms with Crippen LogP contribution < -0.4 is 25.8 Å². The maximum absolute atomic E-state index is 14.2. The number of pyridine rings is 2. The number of carbonyl (C=O) groups excluding carboxylic acids is 2. The molecule has 4 aromatic carbocycles. The fourth-order valence-electron chi connectivity index (χ4n) is 7.65. The molecular weight excluding hydrogens is 947 g/mol. The molecule has 7 aromatic rings. The first-order valence-electron chi connectivity index (χ1n) is 24.3. The highest BCUT2D eigenvalue weighted by atomic mass is 32.1. The average molecular weight is 1010 g/mol. The van der Waals surface area contributed by atoms with Gasteiger partial charge in [0.25, 0.3) is 0 Å². The van der Waals surface area contributed by atoms with Gasteiger partial charge in [0.15, 0.2) is 11.6 Å². The number of anilines is 4. The number of nitrogens with one attached hydrogen (secondary N) is 2. The third-order valence-electron chi connectivity index (χ3n) is 11.4. The summed E-state index contributed by atoms with van der Waals surface area (Å²) in [5.74, 6) is 2.61. The van der Waals surface area contributed by atoms with Crippen LogP contribution in [0.15, 0.2) is 114 Å². The van der Waals surface area contributed by atoms with Crippen LogP contribution >= 0.6 is 12.2 Å². The first-order chi connectivity index (χ1) is 35.1. The number of aliphatic imine (C=N–C) groups is 1. The van der Waals surface area contributed by atoms with E-state index in [2.05, 4.69) is 85.5 Å². The van der Waals surface area contributed by atoms with Crippen molar-refractivity contribution in [3.05, 3.63) is 144 Å². The number of aryl methyl sites for hydroxylation is 3. The second-order valence-corrected chi connectivity index (χ2v) is 17.4. The number of nitrogens with zero attached hydrogens (tertiary/aromatic N) is 7. The molecule has 0 spiro atoms. The summed E-state index contributed by atoms with van der Waals surface area (Å²) in [7, 11) is 3.69. The molecule has 0 unspecified atom stereocenters. The number of benzene rings is 4. The van der Waals surface area contributed by atoms with Gasteiger partial charge in [0.2, 0.25) is 5.95 Å². The quantitative estimate of drug-likeness (QED) is 0.0334. The van der Waals surface area contributed by atoms with Crippen molar-refractivity contribution in [1.29, 1.82) is 0 Å². The lowest BCUT2D eigenvalue weighted by molar-refractivity contribution is -0.120. The van der Waals surface area contributed by atoms with Crippen LogP contribution in [0, 0.1) is 25.5 Å². The summed E-state index contributed by atoms with van der Waals surface area (Å²) in [5.41, 5.74) is 12.9. The van der Waals surface area contributed by atoms with E-state index in [0.29, 0.717) is 76.7 Å². The van der Waals surface area contributed by atoms with Crippen LogP contribution in [-0.2, 0) is 29.5 Å². The number of hydrogen-bond donors (Lipinski definition) is 3. The highest BCUT2D eigenvalue weighted by Crippen LogP contribution is 2.30. The number of nitrogens with two attached hydrogens (primary N) is 1. The molecule has 3 aromatic heterocycles. The lowest BCUT2D eigenvalue weighted by Gasteiger charge is -2.18. The summed E-state index contributed by atoms with van der Waals surface area (Å²) < 4.78 is 40.8. The number of ketones is 2. The molecule has 0 bridgehead atoms. The number of ether oxygens (including phenoxy) is 2. The number of halogens is 2. The molecule has 17 heteroatoms. The minimum absolute atomic E-state index is 0.134. The fraction of sp³-hybridized carbons (Fsp3) is 0.321. The summed E-state index contributed by atoms with van der Waals surface area (Å²) in [4.78, 5) is 45.9. The Balaban J connectivity index is 0.000000232. The molecule has 14 nitrogen and oxygen atoms in total. The molecular formula is C56H66F2N10O4S. The van der Waals surface area contributed by atoms with Crippen molar-refractivity contribution in [2.75, 3.05) is 62.7 Å². The van der Waals surface area contributed by atoms with E-state index in [-0.39, 0.29) is 35.3 Å². The summed E-state index contributed by atoms with van der Waals surface area (Å²) >= 11 is 4.35. The lowest BCUT2D eigenvalue weighted by atomic mass is 10.2. The Kier molecular flexibility index (Phi) is 22.1. The van der Waals surface area contributed by atoms with Crippen molar-refractivity contribution >= 4 is 68.7 Å². The van der Waals surface area contributed by atoms with Gasteiger partial charge in [-0.05, 0) is 137 Å². The van der Waals surface area contributed by atoms with Gasteiger partial charge in [0, 0.05) is 50.8 Å². The second-order valence-electron chi connectivity index (χ2n) is 17.2. The minimum atomic E-state index is -0.368. The molecule has 0 radical (unpaired) electrons. The molecule has 0 atom stereocenters. The molecule has 0 saturated heterocycles. The van der Waals surface area contributed by atoms with E-state index in [9.17, 15) is 18.4 Å². The van der Waals surface area contributed by atoms with Crippen LogP contribution in [0.25, 0.3) is 11.0 Å². The van der Waals surface area contributed by atoms with E-state index < -0.39 is 0 Å². The number of nitrogen functional groups attached to an aromatic ring is 1. The third kappa shape index (κ3) is 17.7. The van der Waals surface area contributed by atoms with E-state index >= 15 is 0 Å². The smallest absolute Gasteiger partial charge is 0.208 e. The molecule has 384 valence electrons. The van der Waals surface area contributed by atoms with Crippen LogP contribution in [0.4, 0.5) is 37.5 Å². The van der Waals surface area contributed by atoms with Gasteiger partial charge in [-0.15, -0.1) is 0 Å². The van der Waals surface area contributed by atoms with Crippen LogP contribution in [0.1, 0.15) is 63.1 Å². The Labute approximate surface area is 432 Å². The number of thiocarbonyl (C=S) groups is 1. The molecule has 0 saturated carbocycles. The molecule has 0 aliphatic heterocycles. The Bertz CT molecular complexity index is 3000. The molecule has 0 aliphatic rings. The van der Waals surface area contributed by atoms with Gasteiger partial charge in [-0.25, -0.2) is 13.8 Å². The number of isothiocyanates is 1. The Morgan fingerprint density at radius 1 is 0.712 bits per heavy atom. The number of carbonyl (C=O) groups is 2. The van der Waals surface area contributed by atoms with E-state index in [4.69, 9.17) is 15.2 Å². The lowest BCUT2D eigenvalue weighted by Crippen LogP contribution is -2.31. The number of rotatable bonds is 22. The Morgan fingerprint density at radius 2 is 1.25 bits per heavy atom. The number of aromatic nitrogens is 4. The predicted octanol–water partition coefficient (Wildman–Crippen LogP) is 12.0. The largest absolute Gasteiger partial charge is 0.457 e. The van der Waals surface area contributed by atoms with Gasteiger partial charge < -0.3 is 30.4 Å². The van der Waals surface area contributed by atoms with Crippen LogP contribution in [-0.4, -0.2) is 92.4 Å². The zero-order chi connectivity index (χ0) is 52.9. The Hall–Kier alpha value is -7.43. The Morgan fingerprint density at radius 3 is 1.78 bits per heavy atom. The standard InChI is InChI=1S/C28H32FN5O2.C20H28N4O2.C8H6FNS/c1-5-13-34(6-2)18-21(35)15-20-16-23(11-12-30-20)36-22-8-10-27-26(17-22)32-28(33(27)4)31-25-14-19(3)7-9-24(25)29;1-4-10-24(5-2)14-16(25)11-15-12-18(8-9-23-15)26-17-6-7-20(22-3)19(21)13-17;1-6-2-3-7(9)8(4-6)10-5-11/h7-12,14,16-17H,5-6,13,15,18H2,1-4H3,(H,31,32);6-9,12-13,22H,4-5,10-11,14,21H2,1-3H3;2-4H,1H3. The van der Waals surface area contributed by atoms with E-state index in [1.54, 1.807) is 67.0 Å². The molecule has 73 heavy (non-hydrogen) atoms. The predicted molar refractivity (Wildman–Crippen MR) is 292 cm³/mol. The third-order valence-corrected chi connectivity index (χ3v) is 11.5. The van der Waals surface area contributed by atoms with Gasteiger partial charge in [0.05, 0.1) is 70.6 Å². The van der Waals surface area contributed by atoms with Gasteiger partial charge in [-0.3, -0.25) is 29.4 Å². The van der Waals surface area contributed by atoms with Crippen molar-refractivity contribution in [2.24, 2.45) is 12.0 Å². The van der Waals surface area contributed by atoms with Crippen LogP contribution in [0.2, 0.25) is 0 Å². The van der Waals surface area contributed by atoms with E-state index in [1.165, 1.54) is 12.1 Å². The van der Waals surface area contributed by atoms with Crippen LogP contribution in [0.3, 0.4) is 0 Å². The number of hydrogen-bond acceptors (Lipinski definition) is 14. The maximum Gasteiger partial charge on any atom is 0.208 e. The zero-order valence-electron chi connectivity index (χ0n) is 43.0. The number of Topliss-reactive ketones (excluding diaryl/α,β-unsaturated/α-hetero) is 2. The van der Waals surface area contributed by atoms with Crippen LogP contribution in [0.5, 0.6) is 23.0 Å². The zero-order valence-corrected chi connectivity index (χ0v) is 43.8. The van der Waals surface area contributed by atoms with Gasteiger partial charge in [-0.2, -0.15) is 4.99 Å². The molecule has 3 heterocycles. The summed E-state index contributed by atoms with van der Waals surface area (Å²) in [6, 6.07) is 27.8. The van der Waals surface area contributed by atoms with Crippen molar-refractivity contribution in [3.8, 4) is 23.0 Å². The first-order valence-corrected chi connectivity index (χ1v) is 24.7. The number of imidazole rings is 1. The average Bonchev–Trinajstić information content (AvgIpc) is 3.67. The second kappa shape index (κ2) is 28.6. The molecule has 0 aliphatic carbocycles. The minimum Gasteiger partial charge on any atom is -0.457 e. The highest BCUT2D eigenvalue weighted by molar-refractivity contribution is 7.78. The van der Waals surface area contributed by atoms with Gasteiger partial charge >= 0.3 is 0 Å². The summed E-state index contributed by atoms with van der Waals surface area (Å²) in [6.07, 6.45) is 5.94. The van der Waals surface area contributed by atoms with Crippen molar-refractivity contribution in [2.45, 2.75) is 67.2 Å². The summed E-state index contributed by atoms with van der Waals surface area (Å²) in [5, 5.41) is 8.22. The number of likely N-dealkylation sites (N-methyl/N-ethyl adjacent to an activating group) is 2. The van der Waals surface area contributed by atoms with E-state index in [1.807, 2.05) is 62.8 Å². The van der Waals surface area contributed by atoms with Crippen molar-refractivity contribution in [1.82, 2.24) is 29.3 Å².